The number of hydrogen-bond acceptors (Lipinski definition) is 4. The lowest BCUT2D eigenvalue weighted by molar-refractivity contribution is -0.110. The smallest absolute Gasteiger partial charge is 0.186 e. The van der Waals surface area contributed by atoms with Gasteiger partial charge in [-0.2, -0.15) is 5.10 Å². The summed E-state index contributed by atoms with van der Waals surface area (Å²) in [4.78, 5) is 10.3. The summed E-state index contributed by atoms with van der Waals surface area (Å²) in [5, 5.41) is 3.84. The largest absolute Gasteiger partial charge is 0.299 e. The fraction of sp³-hybridized carbons (Fsp3) is 0.111. The van der Waals surface area contributed by atoms with E-state index in [1.807, 2.05) is 30.3 Å². The first-order valence-corrected chi connectivity index (χ1v) is 4.74. The summed E-state index contributed by atoms with van der Waals surface area (Å²) in [6, 6.07) is 9.54. The van der Waals surface area contributed by atoms with Gasteiger partial charge in [-0.1, -0.05) is 42.1 Å². The van der Waals surface area contributed by atoms with Crippen LogP contribution in [-0.2, 0) is 9.67 Å². The van der Waals surface area contributed by atoms with Crippen molar-refractivity contribution in [1.29, 1.82) is 0 Å². The lowest BCUT2D eigenvalue weighted by Crippen LogP contribution is -2.34. The molecule has 0 amide bonds. The molecule has 13 heavy (non-hydrogen) atoms. The van der Waals surface area contributed by atoms with Crippen molar-refractivity contribution in [2.24, 2.45) is 5.10 Å². The Balaban J connectivity index is 2.38. The minimum absolute atomic E-state index is 0.707. The molecule has 0 saturated heterocycles. The Kier molecular flexibility index (Phi) is 2.06. The van der Waals surface area contributed by atoms with Gasteiger partial charge in [-0.15, -0.1) is 0 Å². The van der Waals surface area contributed by atoms with Gasteiger partial charge >= 0.3 is 0 Å². The summed E-state index contributed by atoms with van der Waals surface area (Å²) in [7, 11) is 0. The molecule has 0 spiro atoms. The molecule has 1 heterocycles. The Morgan fingerprint density at radius 2 is 2.15 bits per heavy atom. The second-order valence-corrected chi connectivity index (χ2v) is 3.77. The number of benzene rings is 1. The number of rotatable bonds is 2. The van der Waals surface area contributed by atoms with Gasteiger partial charge in [0.2, 0.25) is 0 Å². The predicted molar refractivity (Wildman–Crippen MR) is 53.4 cm³/mol. The van der Waals surface area contributed by atoms with Crippen LogP contribution in [-0.4, -0.2) is 11.8 Å². The lowest BCUT2D eigenvalue weighted by atomic mass is 10.1. The molecule has 0 bridgehead atoms. The molecule has 0 aliphatic carbocycles. The van der Waals surface area contributed by atoms with Gasteiger partial charge in [-0.3, -0.25) is 10.2 Å². The average Bonchev–Trinajstić information content (AvgIpc) is 2.69. The molecule has 0 radical (unpaired) electrons. The lowest BCUT2D eigenvalue weighted by Gasteiger charge is -2.20. The molecule has 4 heteroatoms. The summed E-state index contributed by atoms with van der Waals surface area (Å²) < 4.78 is 0. The van der Waals surface area contributed by atoms with Crippen molar-refractivity contribution in [3.05, 3.63) is 35.9 Å². The number of nitrogens with one attached hydrogen (secondary N) is 1. The fourth-order valence-corrected chi connectivity index (χ4v) is 1.90. The van der Waals surface area contributed by atoms with Crippen molar-refractivity contribution in [3.8, 4) is 0 Å². The van der Waals surface area contributed by atoms with E-state index in [0.717, 1.165) is 11.8 Å². The maximum Gasteiger partial charge on any atom is 0.186 e. The summed E-state index contributed by atoms with van der Waals surface area (Å²) in [5.74, 6) is 0. The average molecular weight is 192 g/mol. The van der Waals surface area contributed by atoms with E-state index in [-0.39, 0.29) is 0 Å². The van der Waals surface area contributed by atoms with Gasteiger partial charge in [0, 0.05) is 0 Å². The monoisotopic (exact) mass is 192 g/mol. The van der Waals surface area contributed by atoms with E-state index in [4.69, 9.17) is 0 Å². The van der Waals surface area contributed by atoms with E-state index in [1.165, 1.54) is 11.8 Å². The van der Waals surface area contributed by atoms with Crippen molar-refractivity contribution in [3.63, 3.8) is 0 Å². The van der Waals surface area contributed by atoms with Gasteiger partial charge in [0.1, 0.15) is 0 Å². The van der Waals surface area contributed by atoms with Crippen LogP contribution in [0.15, 0.2) is 35.4 Å². The zero-order valence-electron chi connectivity index (χ0n) is 6.81. The van der Waals surface area contributed by atoms with E-state index >= 15 is 0 Å². The van der Waals surface area contributed by atoms with Crippen molar-refractivity contribution >= 4 is 23.6 Å². The standard InChI is InChI=1S/C9H8N2OS/c12-6-9(11-10-7-13-9)8-4-2-1-3-5-8/h1-7,11H. The Bertz CT molecular complexity index is 329. The second-order valence-electron chi connectivity index (χ2n) is 2.68. The maximum absolute atomic E-state index is 11.0. The Hall–Kier alpha value is -1.29. The minimum Gasteiger partial charge on any atom is -0.299 e. The van der Waals surface area contributed by atoms with E-state index < -0.39 is 4.87 Å². The van der Waals surface area contributed by atoms with E-state index in [0.29, 0.717) is 0 Å². The SMILES string of the molecule is O=CC1(c2ccccc2)NN=CS1. The first-order chi connectivity index (χ1) is 6.37. The van der Waals surface area contributed by atoms with E-state index in [2.05, 4.69) is 10.5 Å². The van der Waals surface area contributed by atoms with Crippen LogP contribution in [0, 0.1) is 0 Å². The summed E-state index contributed by atoms with van der Waals surface area (Å²) >= 11 is 1.37. The molecule has 1 aromatic rings. The molecule has 2 rings (SSSR count). The van der Waals surface area contributed by atoms with Crippen molar-refractivity contribution in [2.45, 2.75) is 4.87 Å². The van der Waals surface area contributed by atoms with Crippen LogP contribution in [0.4, 0.5) is 0 Å². The molecule has 1 aromatic carbocycles. The van der Waals surface area contributed by atoms with Crippen molar-refractivity contribution in [1.82, 2.24) is 5.43 Å². The molecule has 1 unspecified atom stereocenters. The summed E-state index contributed by atoms with van der Waals surface area (Å²) in [6.45, 7) is 0. The molecule has 1 atom stereocenters. The molecular formula is C9H8N2OS. The third kappa shape index (κ3) is 1.33. The van der Waals surface area contributed by atoms with Crippen LogP contribution < -0.4 is 5.43 Å². The number of hydrogen-bond donors (Lipinski definition) is 1. The topological polar surface area (TPSA) is 41.5 Å². The summed E-state index contributed by atoms with van der Waals surface area (Å²) in [5.41, 5.74) is 5.36. The first-order valence-electron chi connectivity index (χ1n) is 3.86. The summed E-state index contributed by atoms with van der Waals surface area (Å²) in [6.07, 6.45) is 0.875. The Labute approximate surface area is 80.2 Å². The normalized spacial score (nSPS) is 25.5. The van der Waals surface area contributed by atoms with Crippen LogP contribution >= 0.6 is 11.8 Å². The van der Waals surface area contributed by atoms with Gasteiger partial charge in [0.15, 0.2) is 11.2 Å². The van der Waals surface area contributed by atoms with Crippen LogP contribution in [0.3, 0.4) is 0 Å². The molecule has 3 nitrogen and oxygen atoms in total. The van der Waals surface area contributed by atoms with Crippen molar-refractivity contribution in [2.75, 3.05) is 0 Å². The van der Waals surface area contributed by atoms with Crippen LogP contribution in [0.2, 0.25) is 0 Å². The Morgan fingerprint density at radius 1 is 1.38 bits per heavy atom. The highest BCUT2D eigenvalue weighted by Crippen LogP contribution is 2.33. The van der Waals surface area contributed by atoms with Gasteiger partial charge < -0.3 is 0 Å². The van der Waals surface area contributed by atoms with Gasteiger partial charge in [-0.25, -0.2) is 0 Å². The van der Waals surface area contributed by atoms with E-state index in [9.17, 15) is 4.79 Å². The molecular weight excluding hydrogens is 184 g/mol. The number of carbonyl (C=O) groups is 1. The van der Waals surface area contributed by atoms with Crippen molar-refractivity contribution < 1.29 is 4.79 Å². The number of carbonyl (C=O) groups excluding carboxylic acids is 1. The second kappa shape index (κ2) is 3.22. The number of aldehydes is 1. The molecule has 1 aliphatic rings. The molecule has 0 fully saturated rings. The number of hydrazone groups is 1. The third-order valence-corrected chi connectivity index (χ3v) is 2.90. The van der Waals surface area contributed by atoms with E-state index in [1.54, 1.807) is 5.55 Å². The molecule has 0 saturated carbocycles. The van der Waals surface area contributed by atoms with Crippen LogP contribution in [0.25, 0.3) is 0 Å². The fourth-order valence-electron chi connectivity index (χ4n) is 1.20. The maximum atomic E-state index is 11.0. The molecule has 0 aromatic heterocycles. The van der Waals surface area contributed by atoms with Gasteiger partial charge in [-0.05, 0) is 5.56 Å². The molecule has 1 N–H and O–H groups in total. The molecule has 66 valence electrons. The Morgan fingerprint density at radius 3 is 2.69 bits per heavy atom. The van der Waals surface area contributed by atoms with Gasteiger partial charge in [0.25, 0.3) is 0 Å². The highest BCUT2D eigenvalue weighted by atomic mass is 32.2. The predicted octanol–water partition coefficient (Wildman–Crippen LogP) is 1.32. The van der Waals surface area contributed by atoms with Crippen LogP contribution in [0.5, 0.6) is 0 Å². The van der Waals surface area contributed by atoms with Gasteiger partial charge in [0.05, 0.1) is 5.55 Å². The highest BCUT2D eigenvalue weighted by Gasteiger charge is 2.34. The molecule has 1 aliphatic heterocycles. The zero-order valence-corrected chi connectivity index (χ0v) is 7.62. The number of nitrogens with zero attached hydrogens (tertiary/aromatic N) is 1. The third-order valence-electron chi connectivity index (χ3n) is 1.89. The number of thioether (sulfide) groups is 1. The zero-order chi connectivity index (χ0) is 9.15. The highest BCUT2D eigenvalue weighted by molar-refractivity contribution is 8.13. The minimum atomic E-state index is -0.707. The van der Waals surface area contributed by atoms with Crippen LogP contribution in [0.1, 0.15) is 5.56 Å². The quantitative estimate of drug-likeness (QED) is 0.718. The first kappa shape index (κ1) is 8.31.